The minimum absolute atomic E-state index is 0.596. The Kier molecular flexibility index (Phi) is 8.61. The maximum absolute atomic E-state index is 10.6. The van der Waals surface area contributed by atoms with Crippen LogP contribution in [0, 0.1) is 18.3 Å². The third kappa shape index (κ3) is 6.95. The second-order valence-electron chi connectivity index (χ2n) is 7.97. The topological polar surface area (TPSA) is 165 Å². The first-order chi connectivity index (χ1) is 19.1. The van der Waals surface area contributed by atoms with Gasteiger partial charge in [0, 0.05) is 29.1 Å². The van der Waals surface area contributed by atoms with Crippen LogP contribution >= 0.6 is 0 Å². The van der Waals surface area contributed by atoms with Crippen LogP contribution in [0.25, 0.3) is 33.9 Å². The van der Waals surface area contributed by atoms with Crippen molar-refractivity contribution < 1.29 is 46.1 Å². The summed E-state index contributed by atoms with van der Waals surface area (Å²) in [5, 5.41) is 27.1. The fourth-order valence-corrected chi connectivity index (χ4v) is 3.49. The number of aliphatic carboxylic acids is 2. The third-order valence-corrected chi connectivity index (χ3v) is 5.23. The van der Waals surface area contributed by atoms with E-state index in [9.17, 15) is 31.6 Å². The van der Waals surface area contributed by atoms with Crippen LogP contribution in [0.1, 0.15) is 11.1 Å². The van der Waals surface area contributed by atoms with Gasteiger partial charge in [-0.1, -0.05) is 12.1 Å². The van der Waals surface area contributed by atoms with E-state index in [2.05, 4.69) is 26.3 Å². The summed E-state index contributed by atoms with van der Waals surface area (Å²) in [6.07, 6.45) is -4.89. The number of pyridine rings is 2. The normalized spacial score (nSPS) is 11.4. The number of hydrogen-bond donors (Lipinski definition) is 4. The van der Waals surface area contributed by atoms with Crippen molar-refractivity contribution in [1.82, 2.24) is 19.9 Å². The van der Waals surface area contributed by atoms with Crippen molar-refractivity contribution in [2.45, 2.75) is 19.3 Å². The van der Waals surface area contributed by atoms with Crippen LogP contribution < -0.4 is 5.32 Å². The molecule has 1 aliphatic heterocycles. The fraction of sp³-hybridized carbons (Fsp3) is 0.120. The maximum Gasteiger partial charge on any atom is 0.490 e. The molecule has 41 heavy (non-hydrogen) atoms. The number of alkyl halides is 6. The van der Waals surface area contributed by atoms with Crippen molar-refractivity contribution in [2.24, 2.45) is 0 Å². The Bertz CT molecular complexity index is 1560. The highest BCUT2D eigenvalue weighted by Gasteiger charge is 2.38. The molecule has 0 amide bonds. The Hall–Kier alpha value is -5.46. The number of imidazole rings is 1. The highest BCUT2D eigenvalue weighted by Crippen LogP contribution is 2.43. The standard InChI is InChI=1S/C21H14N6.2C2HF3O2/c1-12-4-2-5-13(10-22)17(12)21-26-18-14-7-9-23-11-16(14)25-20-15(19(18)27-21)6-3-8-24-20;2*3-2(4,5)1(6)7/h2-9,11H,1H3,(H,24,25)(H,26,27);2*(H,6,7). The Morgan fingerprint density at radius 2 is 1.56 bits per heavy atom. The molecule has 212 valence electrons. The van der Waals surface area contributed by atoms with Crippen molar-refractivity contribution in [3.63, 3.8) is 0 Å². The summed E-state index contributed by atoms with van der Waals surface area (Å²) in [6.45, 7) is 1.98. The first kappa shape index (κ1) is 30.1. The first-order valence-electron chi connectivity index (χ1n) is 11.0. The number of halogens is 6. The number of carboxylic acids is 2. The molecule has 0 fully saturated rings. The number of aromatic nitrogens is 4. The summed E-state index contributed by atoms with van der Waals surface area (Å²) in [7, 11) is 0. The molecule has 10 nitrogen and oxygen atoms in total. The minimum atomic E-state index is -5.08. The van der Waals surface area contributed by atoms with Gasteiger partial charge in [-0.25, -0.2) is 19.6 Å². The Morgan fingerprint density at radius 1 is 0.927 bits per heavy atom. The zero-order valence-corrected chi connectivity index (χ0v) is 20.5. The molecule has 1 aromatic carbocycles. The number of rotatable bonds is 1. The molecule has 0 spiro atoms. The molecule has 1 aliphatic rings. The van der Waals surface area contributed by atoms with Gasteiger partial charge in [0.2, 0.25) is 0 Å². The number of fused-ring (bicyclic) bond motifs is 5. The van der Waals surface area contributed by atoms with Gasteiger partial charge in [0.1, 0.15) is 17.3 Å². The molecule has 4 N–H and O–H groups in total. The molecule has 0 atom stereocenters. The van der Waals surface area contributed by atoms with E-state index in [4.69, 9.17) is 24.8 Å². The monoisotopic (exact) mass is 578 g/mol. The van der Waals surface area contributed by atoms with Crippen molar-refractivity contribution in [2.75, 3.05) is 5.32 Å². The SMILES string of the molecule is Cc1cccc(C#N)c1-c1nc2c([nH]1)-c1ccncc1Nc1ncccc1-2.O=C(O)C(F)(F)F.O=C(O)C(F)(F)F. The van der Waals surface area contributed by atoms with Gasteiger partial charge < -0.3 is 20.5 Å². The smallest absolute Gasteiger partial charge is 0.475 e. The van der Waals surface area contributed by atoms with Crippen molar-refractivity contribution in [3.8, 4) is 40.0 Å². The van der Waals surface area contributed by atoms with Gasteiger partial charge in [-0.3, -0.25) is 4.98 Å². The average molecular weight is 578 g/mol. The second kappa shape index (κ2) is 11.7. The molecular formula is C25H16F6N6O4. The molecule has 0 bridgehead atoms. The summed E-state index contributed by atoms with van der Waals surface area (Å²) in [5.74, 6) is -4.11. The highest BCUT2D eigenvalue weighted by molar-refractivity contribution is 5.95. The van der Waals surface area contributed by atoms with Gasteiger partial charge in [0.25, 0.3) is 0 Å². The van der Waals surface area contributed by atoms with E-state index in [0.717, 1.165) is 45.1 Å². The van der Waals surface area contributed by atoms with Crippen LogP contribution in [-0.4, -0.2) is 54.4 Å². The molecule has 0 aliphatic carbocycles. The van der Waals surface area contributed by atoms with Crippen LogP contribution in [0.4, 0.5) is 37.8 Å². The number of aryl methyl sites for hydroxylation is 1. The Morgan fingerprint density at radius 3 is 2.15 bits per heavy atom. The molecular weight excluding hydrogens is 562 g/mol. The van der Waals surface area contributed by atoms with Gasteiger partial charge in [-0.2, -0.15) is 31.6 Å². The van der Waals surface area contributed by atoms with Crippen LogP contribution in [0.3, 0.4) is 0 Å². The number of nitriles is 1. The number of carboxylic acid groups (broad SMARTS) is 2. The van der Waals surface area contributed by atoms with Crippen molar-refractivity contribution in [1.29, 1.82) is 5.26 Å². The summed E-state index contributed by atoms with van der Waals surface area (Å²) >= 11 is 0. The van der Waals surface area contributed by atoms with Gasteiger partial charge in [-0.05, 0) is 36.8 Å². The van der Waals surface area contributed by atoms with Gasteiger partial charge in [0.15, 0.2) is 0 Å². The lowest BCUT2D eigenvalue weighted by atomic mass is 10.0. The van der Waals surface area contributed by atoms with E-state index in [1.807, 2.05) is 43.3 Å². The number of anilines is 2. The Labute approximate surface area is 226 Å². The quantitative estimate of drug-likeness (QED) is 0.183. The summed E-state index contributed by atoms with van der Waals surface area (Å²) in [6, 6.07) is 13.8. The molecule has 4 heterocycles. The lowest BCUT2D eigenvalue weighted by Crippen LogP contribution is -2.21. The molecule has 0 unspecified atom stereocenters. The zero-order valence-electron chi connectivity index (χ0n) is 20.5. The van der Waals surface area contributed by atoms with Crippen molar-refractivity contribution >= 4 is 23.4 Å². The van der Waals surface area contributed by atoms with Gasteiger partial charge in [-0.15, -0.1) is 0 Å². The number of nitrogens with zero attached hydrogens (tertiary/aromatic N) is 4. The zero-order chi connectivity index (χ0) is 30.5. The fourth-order valence-electron chi connectivity index (χ4n) is 3.49. The van der Waals surface area contributed by atoms with Gasteiger partial charge in [0.05, 0.1) is 29.2 Å². The maximum atomic E-state index is 10.6. The van der Waals surface area contributed by atoms with Crippen LogP contribution in [-0.2, 0) is 9.59 Å². The van der Waals surface area contributed by atoms with Gasteiger partial charge >= 0.3 is 24.3 Å². The molecule has 16 heteroatoms. The van der Waals surface area contributed by atoms with Crippen LogP contribution in [0.2, 0.25) is 0 Å². The second-order valence-corrected chi connectivity index (χ2v) is 7.97. The number of carbonyl (C=O) groups is 2. The number of aromatic amines is 1. The van der Waals surface area contributed by atoms with E-state index < -0.39 is 24.3 Å². The van der Waals surface area contributed by atoms with Crippen LogP contribution in [0.5, 0.6) is 0 Å². The first-order valence-corrected chi connectivity index (χ1v) is 11.0. The Balaban J connectivity index is 0.000000276. The number of nitrogens with one attached hydrogen (secondary N) is 2. The predicted molar refractivity (Wildman–Crippen MR) is 131 cm³/mol. The van der Waals surface area contributed by atoms with E-state index in [1.165, 1.54) is 0 Å². The van der Waals surface area contributed by atoms with Crippen molar-refractivity contribution in [3.05, 3.63) is 66.1 Å². The van der Waals surface area contributed by atoms with E-state index in [0.29, 0.717) is 11.4 Å². The molecule has 3 aromatic heterocycles. The molecule has 0 saturated carbocycles. The summed E-state index contributed by atoms with van der Waals surface area (Å²) < 4.78 is 63.5. The molecule has 5 rings (SSSR count). The average Bonchev–Trinajstić information content (AvgIpc) is 3.28. The lowest BCUT2D eigenvalue weighted by molar-refractivity contribution is -0.193. The number of H-pyrrole nitrogens is 1. The lowest BCUT2D eigenvalue weighted by Gasteiger charge is -2.08. The molecule has 0 radical (unpaired) electrons. The van der Waals surface area contributed by atoms with Crippen LogP contribution in [0.15, 0.2) is 55.0 Å². The summed E-state index contributed by atoms with van der Waals surface area (Å²) in [4.78, 5) is 34.8. The number of benzene rings is 1. The van der Waals surface area contributed by atoms with E-state index >= 15 is 0 Å². The molecule has 0 saturated heterocycles. The largest absolute Gasteiger partial charge is 0.490 e. The summed E-state index contributed by atoms with van der Waals surface area (Å²) in [5.41, 5.74) is 6.82. The minimum Gasteiger partial charge on any atom is -0.475 e. The predicted octanol–water partition coefficient (Wildman–Crippen LogP) is 5.70. The molecule has 4 aromatic rings. The third-order valence-electron chi connectivity index (χ3n) is 5.23. The highest BCUT2D eigenvalue weighted by atomic mass is 19.4. The number of hydrogen-bond acceptors (Lipinski definition) is 7. The van der Waals surface area contributed by atoms with E-state index in [1.54, 1.807) is 18.6 Å². The van der Waals surface area contributed by atoms with E-state index in [-0.39, 0.29) is 0 Å².